The van der Waals surface area contributed by atoms with Crippen molar-refractivity contribution in [2.45, 2.75) is 0 Å². The summed E-state index contributed by atoms with van der Waals surface area (Å²) >= 11 is 0.938. The van der Waals surface area contributed by atoms with Gasteiger partial charge in [-0.25, -0.2) is 0 Å². The Balaban J connectivity index is 1.83. The SMILES string of the molecule is N=C(N)SC(=N)c1ccc2[nH]cc(-c3ccc4nccnc4c3)c2c1. The first kappa shape index (κ1) is 15.3. The lowest BCUT2D eigenvalue weighted by Gasteiger charge is -2.05. The van der Waals surface area contributed by atoms with E-state index in [9.17, 15) is 0 Å². The molecule has 2 aromatic heterocycles. The van der Waals surface area contributed by atoms with Gasteiger partial charge >= 0.3 is 0 Å². The van der Waals surface area contributed by atoms with Crippen molar-refractivity contribution < 1.29 is 0 Å². The predicted molar refractivity (Wildman–Crippen MR) is 103 cm³/mol. The van der Waals surface area contributed by atoms with Gasteiger partial charge in [-0.1, -0.05) is 12.1 Å². The van der Waals surface area contributed by atoms with E-state index in [1.165, 1.54) is 0 Å². The summed E-state index contributed by atoms with van der Waals surface area (Å²) in [6.07, 6.45) is 5.31. The first-order valence-corrected chi connectivity index (χ1v) is 8.36. The molecule has 0 spiro atoms. The van der Waals surface area contributed by atoms with Crippen LogP contribution in [0.2, 0.25) is 0 Å². The quantitative estimate of drug-likeness (QED) is 0.327. The summed E-state index contributed by atoms with van der Waals surface area (Å²) in [5.41, 5.74) is 10.9. The van der Waals surface area contributed by atoms with Crippen LogP contribution in [0.4, 0.5) is 0 Å². The van der Waals surface area contributed by atoms with Crippen LogP contribution in [0.5, 0.6) is 0 Å². The van der Waals surface area contributed by atoms with Gasteiger partial charge in [-0.05, 0) is 41.6 Å². The number of amidine groups is 1. The summed E-state index contributed by atoms with van der Waals surface area (Å²) < 4.78 is 0. The third kappa shape index (κ3) is 2.85. The normalized spacial score (nSPS) is 11.0. The number of fused-ring (bicyclic) bond motifs is 2. The Bertz CT molecular complexity index is 1130. The summed E-state index contributed by atoms with van der Waals surface area (Å²) in [5.74, 6) is 0. The highest BCUT2D eigenvalue weighted by Gasteiger charge is 2.11. The van der Waals surface area contributed by atoms with Crippen LogP contribution in [-0.2, 0) is 0 Å². The van der Waals surface area contributed by atoms with Gasteiger partial charge in [-0.3, -0.25) is 20.8 Å². The van der Waals surface area contributed by atoms with Gasteiger partial charge in [0.25, 0.3) is 0 Å². The van der Waals surface area contributed by atoms with Crippen molar-refractivity contribution in [3.8, 4) is 11.1 Å². The van der Waals surface area contributed by atoms with Gasteiger partial charge in [0.1, 0.15) is 5.04 Å². The van der Waals surface area contributed by atoms with Crippen LogP contribution < -0.4 is 5.73 Å². The standard InChI is InChI=1S/C18H14N6S/c19-17(25-18(20)21)11-2-3-14-12(7-11)13(9-24-14)10-1-4-15-16(8-10)23-6-5-22-15/h1-9,19,24H,(H3,20,21). The first-order chi connectivity index (χ1) is 12.1. The lowest BCUT2D eigenvalue weighted by Crippen LogP contribution is -2.08. The fraction of sp³-hybridized carbons (Fsp3) is 0. The first-order valence-electron chi connectivity index (χ1n) is 7.55. The molecule has 7 heteroatoms. The molecule has 0 fully saturated rings. The van der Waals surface area contributed by atoms with E-state index in [-0.39, 0.29) is 10.2 Å². The highest BCUT2D eigenvalue weighted by atomic mass is 32.2. The Morgan fingerprint density at radius 2 is 1.80 bits per heavy atom. The fourth-order valence-corrected chi connectivity index (χ4v) is 3.27. The summed E-state index contributed by atoms with van der Waals surface area (Å²) in [4.78, 5) is 11.9. The Kier molecular flexibility index (Phi) is 3.70. The lowest BCUT2D eigenvalue weighted by atomic mass is 10.0. The van der Waals surface area contributed by atoms with Crippen LogP contribution in [0.15, 0.2) is 55.0 Å². The second-order valence-electron chi connectivity index (χ2n) is 5.52. The summed E-state index contributed by atoms with van der Waals surface area (Å²) in [6, 6.07) is 11.7. The van der Waals surface area contributed by atoms with Crippen LogP contribution in [0.1, 0.15) is 5.56 Å². The largest absolute Gasteiger partial charge is 0.378 e. The number of hydrogen-bond donors (Lipinski definition) is 4. The minimum absolute atomic E-state index is 0.0903. The minimum Gasteiger partial charge on any atom is -0.378 e. The van der Waals surface area contributed by atoms with Crippen molar-refractivity contribution in [3.05, 3.63) is 60.6 Å². The molecule has 0 atom stereocenters. The highest BCUT2D eigenvalue weighted by molar-refractivity contribution is 8.26. The van der Waals surface area contributed by atoms with Gasteiger partial charge in [0.05, 0.1) is 11.0 Å². The van der Waals surface area contributed by atoms with Crippen LogP contribution >= 0.6 is 11.8 Å². The maximum Gasteiger partial charge on any atom is 0.157 e. The summed E-state index contributed by atoms with van der Waals surface area (Å²) in [7, 11) is 0. The van der Waals surface area contributed by atoms with E-state index in [0.29, 0.717) is 0 Å². The number of aromatic amines is 1. The van der Waals surface area contributed by atoms with E-state index < -0.39 is 0 Å². The number of hydrogen-bond acceptors (Lipinski definition) is 5. The van der Waals surface area contributed by atoms with Crippen molar-refractivity contribution >= 4 is 43.9 Å². The molecule has 0 aliphatic rings. The van der Waals surface area contributed by atoms with E-state index in [0.717, 1.165) is 50.4 Å². The number of rotatable bonds is 2. The molecular weight excluding hydrogens is 332 g/mol. The summed E-state index contributed by atoms with van der Waals surface area (Å²) in [5, 5.41) is 16.6. The van der Waals surface area contributed by atoms with Crippen molar-refractivity contribution in [2.24, 2.45) is 5.73 Å². The van der Waals surface area contributed by atoms with Crippen molar-refractivity contribution in [2.75, 3.05) is 0 Å². The van der Waals surface area contributed by atoms with Gasteiger partial charge in [0.15, 0.2) is 5.17 Å². The molecule has 4 rings (SSSR count). The number of nitrogens with zero attached hydrogens (tertiary/aromatic N) is 2. The minimum atomic E-state index is -0.0903. The molecule has 0 saturated heterocycles. The zero-order valence-corrected chi connectivity index (χ0v) is 13.9. The molecular formula is C18H14N6S. The molecule has 0 radical (unpaired) electrons. The maximum absolute atomic E-state index is 8.09. The van der Waals surface area contributed by atoms with Crippen molar-refractivity contribution in [1.82, 2.24) is 15.0 Å². The summed E-state index contributed by atoms with van der Waals surface area (Å²) in [6.45, 7) is 0. The molecule has 5 N–H and O–H groups in total. The molecule has 2 heterocycles. The number of nitrogens with one attached hydrogen (secondary N) is 3. The third-order valence-electron chi connectivity index (χ3n) is 3.94. The Morgan fingerprint density at radius 1 is 1.00 bits per heavy atom. The molecule has 122 valence electrons. The number of nitrogens with two attached hydrogens (primary N) is 1. The molecule has 4 aromatic rings. The van der Waals surface area contributed by atoms with Crippen LogP contribution in [0.25, 0.3) is 33.1 Å². The molecule has 6 nitrogen and oxygen atoms in total. The Labute approximate surface area is 147 Å². The number of aromatic nitrogens is 3. The molecule has 0 unspecified atom stereocenters. The van der Waals surface area contributed by atoms with Gasteiger partial charge in [-0.2, -0.15) is 0 Å². The van der Waals surface area contributed by atoms with Gasteiger partial charge < -0.3 is 10.7 Å². The highest BCUT2D eigenvalue weighted by Crippen LogP contribution is 2.31. The van der Waals surface area contributed by atoms with Gasteiger partial charge in [0.2, 0.25) is 0 Å². The van der Waals surface area contributed by atoms with E-state index in [4.69, 9.17) is 16.6 Å². The third-order valence-corrected chi connectivity index (χ3v) is 4.60. The Morgan fingerprint density at radius 3 is 2.60 bits per heavy atom. The molecule has 0 aliphatic carbocycles. The van der Waals surface area contributed by atoms with Crippen LogP contribution in [-0.4, -0.2) is 25.2 Å². The topological polar surface area (TPSA) is 115 Å². The van der Waals surface area contributed by atoms with E-state index in [1.807, 2.05) is 42.6 Å². The van der Waals surface area contributed by atoms with E-state index in [1.54, 1.807) is 12.4 Å². The van der Waals surface area contributed by atoms with E-state index >= 15 is 0 Å². The monoisotopic (exact) mass is 346 g/mol. The average Bonchev–Trinajstić information content (AvgIpc) is 3.04. The van der Waals surface area contributed by atoms with Gasteiger partial charge in [-0.15, -0.1) is 0 Å². The van der Waals surface area contributed by atoms with Crippen LogP contribution in [0, 0.1) is 10.8 Å². The second-order valence-corrected chi connectivity index (χ2v) is 6.57. The second kappa shape index (κ2) is 6.03. The molecule has 0 bridgehead atoms. The zero-order chi connectivity index (χ0) is 17.4. The predicted octanol–water partition coefficient (Wildman–Crippen LogP) is 3.73. The zero-order valence-electron chi connectivity index (χ0n) is 13.1. The molecule has 2 aromatic carbocycles. The smallest absolute Gasteiger partial charge is 0.157 e. The number of thioether (sulfide) groups is 1. The van der Waals surface area contributed by atoms with Crippen molar-refractivity contribution in [1.29, 1.82) is 10.8 Å². The molecule has 0 aliphatic heterocycles. The average molecular weight is 346 g/mol. The number of benzene rings is 2. The molecule has 0 saturated carbocycles. The maximum atomic E-state index is 8.09. The molecule has 0 amide bonds. The number of H-pyrrole nitrogens is 1. The van der Waals surface area contributed by atoms with Crippen LogP contribution in [0.3, 0.4) is 0 Å². The van der Waals surface area contributed by atoms with Gasteiger partial charge in [0, 0.05) is 40.6 Å². The van der Waals surface area contributed by atoms with E-state index in [2.05, 4.69) is 15.0 Å². The Hall–Kier alpha value is -3.19. The fourth-order valence-electron chi connectivity index (χ4n) is 2.80. The molecule has 25 heavy (non-hydrogen) atoms. The van der Waals surface area contributed by atoms with Crippen molar-refractivity contribution in [3.63, 3.8) is 0 Å². The lowest BCUT2D eigenvalue weighted by molar-refractivity contribution is 1.29.